The Morgan fingerprint density at radius 2 is 2.22 bits per heavy atom. The normalized spacial score (nSPS) is 11.5. The van der Waals surface area contributed by atoms with Gasteiger partial charge in [0.2, 0.25) is 0 Å². The summed E-state index contributed by atoms with van der Waals surface area (Å²) in [6, 6.07) is 9.62. The third-order valence-corrected chi connectivity index (χ3v) is 3.07. The van der Waals surface area contributed by atoms with Crippen molar-refractivity contribution >= 4 is 17.6 Å². The fourth-order valence-corrected chi connectivity index (χ4v) is 2.23. The van der Waals surface area contributed by atoms with Crippen molar-refractivity contribution in [3.8, 4) is 0 Å². The van der Waals surface area contributed by atoms with Crippen LogP contribution in [-0.4, -0.2) is 21.0 Å². The van der Waals surface area contributed by atoms with Gasteiger partial charge in [-0.3, -0.25) is 0 Å². The Bertz CT molecular complexity index is 586. The Labute approximate surface area is 109 Å². The second kappa shape index (κ2) is 5.50. The van der Waals surface area contributed by atoms with Gasteiger partial charge in [-0.2, -0.15) is 0 Å². The number of nitrogens with two attached hydrogens (primary N) is 1. The lowest BCUT2D eigenvalue weighted by Gasteiger charge is -2.03. The molecule has 5 nitrogen and oxygen atoms in total. The van der Waals surface area contributed by atoms with E-state index in [9.17, 15) is 0 Å². The Hall–Kier alpha value is -2.08. The van der Waals surface area contributed by atoms with E-state index in [4.69, 9.17) is 10.9 Å². The van der Waals surface area contributed by atoms with Crippen LogP contribution in [0.4, 0.5) is 0 Å². The van der Waals surface area contributed by atoms with Crippen molar-refractivity contribution in [2.75, 3.05) is 0 Å². The highest BCUT2D eigenvalue weighted by molar-refractivity contribution is 7.99. The zero-order chi connectivity index (χ0) is 13.0. The van der Waals surface area contributed by atoms with E-state index in [1.54, 1.807) is 12.3 Å². The van der Waals surface area contributed by atoms with Crippen LogP contribution in [0.2, 0.25) is 0 Å². The quantitative estimate of drug-likeness (QED) is 0.290. The monoisotopic (exact) mass is 260 g/mol. The smallest absolute Gasteiger partial charge is 0.193 e. The second-order valence-electron chi connectivity index (χ2n) is 3.63. The molecule has 0 aliphatic heterocycles. The first-order valence-electron chi connectivity index (χ1n) is 5.24. The minimum absolute atomic E-state index is 0.0245. The molecule has 0 spiro atoms. The molecule has 0 saturated heterocycles. The van der Waals surface area contributed by atoms with Gasteiger partial charge in [-0.05, 0) is 36.9 Å². The number of hydrogen-bond acceptors (Lipinski definition) is 5. The van der Waals surface area contributed by atoms with Gasteiger partial charge in [0.1, 0.15) is 5.69 Å². The molecule has 1 aromatic heterocycles. The summed E-state index contributed by atoms with van der Waals surface area (Å²) >= 11 is 1.43. The molecule has 6 heteroatoms. The molecule has 18 heavy (non-hydrogen) atoms. The maximum Gasteiger partial charge on any atom is 0.193 e. The molecule has 92 valence electrons. The molecule has 0 aliphatic carbocycles. The van der Waals surface area contributed by atoms with Gasteiger partial charge in [0, 0.05) is 11.1 Å². The molecule has 0 atom stereocenters. The molecule has 2 rings (SSSR count). The lowest BCUT2D eigenvalue weighted by Crippen LogP contribution is -2.15. The zero-order valence-corrected chi connectivity index (χ0v) is 10.6. The Kier molecular flexibility index (Phi) is 3.78. The molecule has 0 amide bonds. The van der Waals surface area contributed by atoms with Gasteiger partial charge < -0.3 is 10.9 Å². The summed E-state index contributed by atoms with van der Waals surface area (Å²) < 4.78 is 0. The third-order valence-electron chi connectivity index (χ3n) is 2.20. The van der Waals surface area contributed by atoms with Crippen LogP contribution < -0.4 is 5.73 Å². The third kappa shape index (κ3) is 2.98. The molecule has 0 fully saturated rings. The maximum absolute atomic E-state index is 8.60. The molecular formula is C12H12N4OS. The number of oxime groups is 1. The standard InChI is InChI=1S/C12H12N4OS/c1-8-3-2-4-9(7-8)18-12-14-6-5-10(15-12)11(13)16-17/h2-7,17H,1H3,(H2,13,16). The first-order valence-corrected chi connectivity index (χ1v) is 6.06. The van der Waals surface area contributed by atoms with E-state index in [1.165, 1.54) is 17.3 Å². The van der Waals surface area contributed by atoms with Gasteiger partial charge in [-0.25, -0.2) is 9.97 Å². The number of aryl methyl sites for hydroxylation is 1. The Morgan fingerprint density at radius 1 is 1.39 bits per heavy atom. The van der Waals surface area contributed by atoms with E-state index in [0.717, 1.165) is 4.90 Å². The van der Waals surface area contributed by atoms with Crippen LogP contribution in [0.25, 0.3) is 0 Å². The van der Waals surface area contributed by atoms with Crippen LogP contribution in [0, 0.1) is 6.92 Å². The summed E-state index contributed by atoms with van der Waals surface area (Å²) in [6.45, 7) is 2.03. The molecule has 1 aromatic carbocycles. The average molecular weight is 260 g/mol. The van der Waals surface area contributed by atoms with E-state index in [-0.39, 0.29) is 5.84 Å². The molecule has 0 bridgehead atoms. The largest absolute Gasteiger partial charge is 0.409 e. The number of hydrogen-bond donors (Lipinski definition) is 2. The fourth-order valence-electron chi connectivity index (χ4n) is 1.37. The molecule has 3 N–H and O–H groups in total. The number of amidine groups is 1. The van der Waals surface area contributed by atoms with E-state index >= 15 is 0 Å². The zero-order valence-electron chi connectivity index (χ0n) is 9.74. The van der Waals surface area contributed by atoms with Gasteiger partial charge in [-0.15, -0.1) is 0 Å². The summed E-state index contributed by atoms with van der Waals surface area (Å²) in [5.74, 6) is -0.0245. The van der Waals surface area contributed by atoms with Crippen molar-refractivity contribution in [2.45, 2.75) is 17.0 Å². The minimum Gasteiger partial charge on any atom is -0.409 e. The Balaban J connectivity index is 2.24. The molecule has 0 aliphatic rings. The highest BCUT2D eigenvalue weighted by atomic mass is 32.2. The van der Waals surface area contributed by atoms with Crippen LogP contribution in [0.5, 0.6) is 0 Å². The molecule has 0 unspecified atom stereocenters. The van der Waals surface area contributed by atoms with Gasteiger partial charge >= 0.3 is 0 Å². The van der Waals surface area contributed by atoms with Gasteiger partial charge in [0.05, 0.1) is 0 Å². The van der Waals surface area contributed by atoms with E-state index in [1.807, 2.05) is 31.2 Å². The highest BCUT2D eigenvalue weighted by Crippen LogP contribution is 2.24. The van der Waals surface area contributed by atoms with Crippen LogP contribution in [-0.2, 0) is 0 Å². The van der Waals surface area contributed by atoms with Crippen molar-refractivity contribution < 1.29 is 5.21 Å². The SMILES string of the molecule is Cc1cccc(Sc2nccc(/C(N)=N/O)n2)c1. The topological polar surface area (TPSA) is 84.4 Å². The summed E-state index contributed by atoms with van der Waals surface area (Å²) in [5, 5.41) is 12.1. The molecule has 0 radical (unpaired) electrons. The molecular weight excluding hydrogens is 248 g/mol. The molecule has 0 saturated carbocycles. The lowest BCUT2D eigenvalue weighted by molar-refractivity contribution is 0.318. The molecule has 2 aromatic rings. The van der Waals surface area contributed by atoms with Crippen molar-refractivity contribution in [1.82, 2.24) is 9.97 Å². The average Bonchev–Trinajstić information content (AvgIpc) is 2.38. The second-order valence-corrected chi connectivity index (χ2v) is 4.67. The summed E-state index contributed by atoms with van der Waals surface area (Å²) in [7, 11) is 0. The van der Waals surface area contributed by atoms with Gasteiger partial charge in [-0.1, -0.05) is 22.9 Å². The van der Waals surface area contributed by atoms with Crippen LogP contribution in [0.1, 0.15) is 11.3 Å². The maximum atomic E-state index is 8.60. The van der Waals surface area contributed by atoms with E-state index in [0.29, 0.717) is 10.9 Å². The van der Waals surface area contributed by atoms with Crippen molar-refractivity contribution in [2.24, 2.45) is 10.9 Å². The van der Waals surface area contributed by atoms with Gasteiger partial charge in [0.25, 0.3) is 0 Å². The number of nitrogens with zero attached hydrogens (tertiary/aromatic N) is 3. The van der Waals surface area contributed by atoms with Crippen LogP contribution in [0.3, 0.4) is 0 Å². The summed E-state index contributed by atoms with van der Waals surface area (Å²) in [4.78, 5) is 9.39. The van der Waals surface area contributed by atoms with E-state index in [2.05, 4.69) is 15.1 Å². The number of benzene rings is 1. The lowest BCUT2D eigenvalue weighted by atomic mass is 10.2. The first kappa shape index (κ1) is 12.4. The van der Waals surface area contributed by atoms with Crippen molar-refractivity contribution in [3.63, 3.8) is 0 Å². The summed E-state index contributed by atoms with van der Waals surface area (Å²) in [5.41, 5.74) is 7.06. The Morgan fingerprint density at radius 3 is 2.94 bits per heavy atom. The number of aromatic nitrogens is 2. The van der Waals surface area contributed by atoms with Crippen LogP contribution >= 0.6 is 11.8 Å². The fraction of sp³-hybridized carbons (Fsp3) is 0.0833. The predicted molar refractivity (Wildman–Crippen MR) is 69.8 cm³/mol. The predicted octanol–water partition coefficient (Wildman–Crippen LogP) is 2.03. The van der Waals surface area contributed by atoms with Crippen LogP contribution in [0.15, 0.2) is 51.7 Å². The number of rotatable bonds is 3. The van der Waals surface area contributed by atoms with E-state index < -0.39 is 0 Å². The minimum atomic E-state index is -0.0245. The van der Waals surface area contributed by atoms with Crippen molar-refractivity contribution in [3.05, 3.63) is 47.8 Å². The molecule has 1 heterocycles. The van der Waals surface area contributed by atoms with Crippen molar-refractivity contribution in [1.29, 1.82) is 0 Å². The van der Waals surface area contributed by atoms with Gasteiger partial charge in [0.15, 0.2) is 11.0 Å². The first-order chi connectivity index (χ1) is 8.69. The highest BCUT2D eigenvalue weighted by Gasteiger charge is 2.05. The summed E-state index contributed by atoms with van der Waals surface area (Å²) in [6.07, 6.45) is 1.58.